The minimum absolute atomic E-state index is 0.0424. The molecule has 100 valence electrons. The molecule has 1 aromatic rings. The Labute approximate surface area is 113 Å². The lowest BCUT2D eigenvalue weighted by molar-refractivity contribution is -0.122. The van der Waals surface area contributed by atoms with Crippen LogP contribution in [0.15, 0.2) is 24.3 Å². The fourth-order valence-electron chi connectivity index (χ4n) is 1.64. The first-order chi connectivity index (χ1) is 8.54. The van der Waals surface area contributed by atoms with Crippen molar-refractivity contribution in [1.82, 2.24) is 10.2 Å². The summed E-state index contributed by atoms with van der Waals surface area (Å²) in [5.74, 6) is -0.0968. The second-order valence-corrected chi connectivity index (χ2v) is 4.66. The molecule has 0 aliphatic rings. The van der Waals surface area contributed by atoms with Gasteiger partial charge < -0.3 is 10.4 Å². The van der Waals surface area contributed by atoms with Crippen molar-refractivity contribution in [2.75, 3.05) is 26.7 Å². The maximum atomic E-state index is 11.5. The monoisotopic (exact) mass is 270 g/mol. The third-order valence-electron chi connectivity index (χ3n) is 2.82. The highest BCUT2D eigenvalue weighted by Crippen LogP contribution is 2.21. The first-order valence-corrected chi connectivity index (χ1v) is 6.25. The number of carbonyl (C=O) groups is 1. The molecular weight excluding hydrogens is 252 g/mol. The van der Waals surface area contributed by atoms with E-state index in [4.69, 9.17) is 16.7 Å². The summed E-state index contributed by atoms with van der Waals surface area (Å²) in [5, 5.41) is 11.9. The lowest BCUT2D eigenvalue weighted by Crippen LogP contribution is -2.37. The summed E-state index contributed by atoms with van der Waals surface area (Å²) in [5.41, 5.74) is 1.07. The number of carbonyl (C=O) groups excluding carboxylic acids is 1. The minimum atomic E-state index is -0.0968. The average Bonchev–Trinajstić information content (AvgIpc) is 2.35. The number of hydrogen-bond acceptors (Lipinski definition) is 3. The van der Waals surface area contributed by atoms with Gasteiger partial charge in [0.25, 0.3) is 0 Å². The smallest absolute Gasteiger partial charge is 0.234 e. The number of benzene rings is 1. The van der Waals surface area contributed by atoms with Crippen LogP contribution in [0.3, 0.4) is 0 Å². The normalized spacial score (nSPS) is 12.5. The Morgan fingerprint density at radius 1 is 1.56 bits per heavy atom. The molecule has 1 aromatic carbocycles. The molecule has 0 aliphatic heterocycles. The number of hydrogen-bond donors (Lipinski definition) is 2. The van der Waals surface area contributed by atoms with E-state index < -0.39 is 0 Å². The van der Waals surface area contributed by atoms with E-state index >= 15 is 0 Å². The highest BCUT2D eigenvalue weighted by Gasteiger charge is 2.14. The molecule has 0 aromatic heterocycles. The number of nitrogens with zero attached hydrogens (tertiary/aromatic N) is 1. The maximum Gasteiger partial charge on any atom is 0.234 e. The fourth-order valence-corrected chi connectivity index (χ4v) is 1.83. The molecule has 1 rings (SSSR count). The van der Waals surface area contributed by atoms with Crippen LogP contribution in [-0.4, -0.2) is 42.7 Å². The van der Waals surface area contributed by atoms with E-state index in [9.17, 15) is 4.79 Å². The molecule has 0 spiro atoms. The highest BCUT2D eigenvalue weighted by molar-refractivity contribution is 6.30. The van der Waals surface area contributed by atoms with Crippen LogP contribution in [0, 0.1) is 0 Å². The first-order valence-electron chi connectivity index (χ1n) is 5.88. The van der Waals surface area contributed by atoms with Gasteiger partial charge >= 0.3 is 0 Å². The van der Waals surface area contributed by atoms with Crippen molar-refractivity contribution in [2.24, 2.45) is 0 Å². The molecule has 1 unspecified atom stereocenters. The van der Waals surface area contributed by atoms with Crippen molar-refractivity contribution in [1.29, 1.82) is 0 Å². The van der Waals surface area contributed by atoms with Crippen molar-refractivity contribution in [2.45, 2.75) is 13.0 Å². The molecular formula is C13H19ClN2O2. The number of nitrogens with one attached hydrogen (secondary N) is 1. The summed E-state index contributed by atoms with van der Waals surface area (Å²) >= 11 is 5.94. The molecule has 0 saturated heterocycles. The van der Waals surface area contributed by atoms with Crippen molar-refractivity contribution in [3.63, 3.8) is 0 Å². The molecule has 0 fully saturated rings. The quantitative estimate of drug-likeness (QED) is 0.823. The fraction of sp³-hybridized carbons (Fsp3) is 0.462. The zero-order valence-electron chi connectivity index (χ0n) is 10.7. The Hall–Kier alpha value is -1.10. The number of rotatable bonds is 6. The average molecular weight is 271 g/mol. The van der Waals surface area contributed by atoms with Crippen LogP contribution in [0.5, 0.6) is 0 Å². The van der Waals surface area contributed by atoms with Crippen LogP contribution >= 0.6 is 11.6 Å². The topological polar surface area (TPSA) is 52.6 Å². The van der Waals surface area contributed by atoms with E-state index in [2.05, 4.69) is 5.32 Å². The van der Waals surface area contributed by atoms with Gasteiger partial charge in [0.05, 0.1) is 13.2 Å². The summed E-state index contributed by atoms with van der Waals surface area (Å²) in [7, 11) is 1.88. The van der Waals surface area contributed by atoms with E-state index in [1.807, 2.05) is 43.1 Å². The van der Waals surface area contributed by atoms with Crippen molar-refractivity contribution in [3.8, 4) is 0 Å². The highest BCUT2D eigenvalue weighted by atomic mass is 35.5. The molecule has 0 radical (unpaired) electrons. The molecule has 5 heteroatoms. The summed E-state index contributed by atoms with van der Waals surface area (Å²) in [6.07, 6.45) is 0. The number of halogens is 1. The summed E-state index contributed by atoms with van der Waals surface area (Å²) in [4.78, 5) is 13.5. The van der Waals surface area contributed by atoms with Gasteiger partial charge in [-0.2, -0.15) is 0 Å². The van der Waals surface area contributed by atoms with Crippen LogP contribution in [0.25, 0.3) is 0 Å². The van der Waals surface area contributed by atoms with Gasteiger partial charge in [0.15, 0.2) is 0 Å². The van der Waals surface area contributed by atoms with Gasteiger partial charge in [0.2, 0.25) is 5.91 Å². The molecule has 1 amide bonds. The van der Waals surface area contributed by atoms with E-state index in [1.54, 1.807) is 0 Å². The Morgan fingerprint density at radius 3 is 2.89 bits per heavy atom. The lowest BCUT2D eigenvalue weighted by atomic mass is 10.1. The minimum Gasteiger partial charge on any atom is -0.395 e. The number of aliphatic hydroxyl groups is 1. The molecule has 18 heavy (non-hydrogen) atoms. The van der Waals surface area contributed by atoms with Crippen molar-refractivity contribution in [3.05, 3.63) is 34.9 Å². The van der Waals surface area contributed by atoms with Gasteiger partial charge in [-0.1, -0.05) is 23.7 Å². The molecule has 0 heterocycles. The van der Waals surface area contributed by atoms with Crippen molar-refractivity contribution < 1.29 is 9.90 Å². The van der Waals surface area contributed by atoms with Crippen LogP contribution in [-0.2, 0) is 4.79 Å². The Balaban J connectivity index is 2.55. The van der Waals surface area contributed by atoms with Gasteiger partial charge in [-0.15, -0.1) is 0 Å². The molecule has 1 atom stereocenters. The van der Waals surface area contributed by atoms with Crippen molar-refractivity contribution >= 4 is 17.5 Å². The lowest BCUT2D eigenvalue weighted by Gasteiger charge is -2.24. The van der Waals surface area contributed by atoms with E-state index in [0.717, 1.165) is 5.56 Å². The second kappa shape index (κ2) is 7.36. The molecule has 2 N–H and O–H groups in total. The predicted octanol–water partition coefficient (Wildman–Crippen LogP) is 1.44. The molecule has 0 aliphatic carbocycles. The van der Waals surface area contributed by atoms with Crippen LogP contribution in [0.4, 0.5) is 0 Å². The molecule has 0 bridgehead atoms. The van der Waals surface area contributed by atoms with Gasteiger partial charge in [0.1, 0.15) is 0 Å². The Bertz CT molecular complexity index is 398. The summed E-state index contributed by atoms with van der Waals surface area (Å²) in [6.45, 7) is 2.55. The summed E-state index contributed by atoms with van der Waals surface area (Å²) in [6, 6.07) is 7.70. The molecule has 0 saturated carbocycles. The SMILES string of the molecule is CC(c1cccc(Cl)c1)N(C)CC(=O)NCCO. The third-order valence-corrected chi connectivity index (χ3v) is 3.05. The predicted molar refractivity (Wildman–Crippen MR) is 72.6 cm³/mol. The van der Waals surface area contributed by atoms with Crippen LogP contribution < -0.4 is 5.32 Å². The van der Waals surface area contributed by atoms with Gasteiger partial charge in [-0.25, -0.2) is 0 Å². The summed E-state index contributed by atoms with van der Waals surface area (Å²) < 4.78 is 0. The van der Waals surface area contributed by atoms with Crippen LogP contribution in [0.2, 0.25) is 5.02 Å². The number of amides is 1. The zero-order chi connectivity index (χ0) is 13.5. The zero-order valence-corrected chi connectivity index (χ0v) is 11.4. The van der Waals surface area contributed by atoms with Crippen LogP contribution in [0.1, 0.15) is 18.5 Å². The van der Waals surface area contributed by atoms with E-state index in [0.29, 0.717) is 5.02 Å². The standard InChI is InChI=1S/C13H19ClN2O2/c1-10(11-4-3-5-12(14)8-11)16(2)9-13(18)15-6-7-17/h3-5,8,10,17H,6-7,9H2,1-2H3,(H,15,18). The maximum absolute atomic E-state index is 11.5. The Morgan fingerprint density at radius 2 is 2.28 bits per heavy atom. The van der Waals surface area contributed by atoms with Gasteiger partial charge in [0, 0.05) is 17.6 Å². The Kier molecular flexibility index (Phi) is 6.12. The largest absolute Gasteiger partial charge is 0.395 e. The molecule has 4 nitrogen and oxygen atoms in total. The van der Waals surface area contributed by atoms with Gasteiger partial charge in [-0.05, 0) is 31.7 Å². The van der Waals surface area contributed by atoms with E-state index in [1.165, 1.54) is 0 Å². The number of aliphatic hydroxyl groups excluding tert-OH is 1. The number of likely N-dealkylation sites (N-methyl/N-ethyl adjacent to an activating group) is 1. The second-order valence-electron chi connectivity index (χ2n) is 4.22. The van der Waals surface area contributed by atoms with Gasteiger partial charge in [-0.3, -0.25) is 9.69 Å². The third kappa shape index (κ3) is 4.64. The van der Waals surface area contributed by atoms with E-state index in [-0.39, 0.29) is 31.6 Å². The first kappa shape index (κ1) is 15.0.